The smallest absolute Gasteiger partial charge is 0.325 e. The predicted molar refractivity (Wildman–Crippen MR) is 82.6 cm³/mol. The molecule has 0 saturated carbocycles. The normalized spacial score (nSPS) is 27.1. The minimum atomic E-state index is -0.838. The zero-order chi connectivity index (χ0) is 15.2. The zero-order valence-corrected chi connectivity index (χ0v) is 13.7. The van der Waals surface area contributed by atoms with E-state index in [0.717, 1.165) is 19.4 Å². The van der Waals surface area contributed by atoms with Crippen LogP contribution in [0.1, 0.15) is 66.2 Å². The number of unbranched alkanes of at least 4 members (excludes halogenated alkanes) is 1. The predicted octanol–water partition coefficient (Wildman–Crippen LogP) is 2.70. The number of carbonyl (C=O) groups is 1. The van der Waals surface area contributed by atoms with Gasteiger partial charge in [-0.25, -0.2) is 0 Å². The van der Waals surface area contributed by atoms with Crippen LogP contribution in [0.15, 0.2) is 0 Å². The number of hydrogen-bond acceptors (Lipinski definition) is 4. The molecule has 1 aliphatic heterocycles. The molecule has 1 aliphatic rings. The molecule has 0 aromatic rings. The lowest BCUT2D eigenvalue weighted by molar-refractivity contribution is -0.149. The van der Waals surface area contributed by atoms with Gasteiger partial charge in [-0.3, -0.25) is 9.69 Å². The number of rotatable bonds is 7. The number of likely N-dealkylation sites (tertiary alicyclic amines) is 1. The van der Waals surface area contributed by atoms with Crippen LogP contribution >= 0.6 is 0 Å². The van der Waals surface area contributed by atoms with E-state index in [2.05, 4.69) is 18.7 Å². The first-order valence-electron chi connectivity index (χ1n) is 8.10. The molecule has 0 radical (unpaired) electrons. The zero-order valence-electron chi connectivity index (χ0n) is 13.7. The summed E-state index contributed by atoms with van der Waals surface area (Å²) in [4.78, 5) is 14.3. The van der Waals surface area contributed by atoms with Crippen molar-refractivity contribution < 1.29 is 9.53 Å². The van der Waals surface area contributed by atoms with Crippen LogP contribution < -0.4 is 5.73 Å². The Morgan fingerprint density at radius 2 is 1.90 bits per heavy atom. The van der Waals surface area contributed by atoms with Gasteiger partial charge in [0.2, 0.25) is 0 Å². The Labute approximate surface area is 124 Å². The van der Waals surface area contributed by atoms with Crippen molar-refractivity contribution >= 4 is 5.97 Å². The van der Waals surface area contributed by atoms with Gasteiger partial charge in [0.1, 0.15) is 5.54 Å². The molecular weight excluding hydrogens is 252 g/mol. The van der Waals surface area contributed by atoms with Crippen LogP contribution in [-0.4, -0.2) is 41.6 Å². The number of piperidine rings is 1. The van der Waals surface area contributed by atoms with Crippen molar-refractivity contribution in [3.63, 3.8) is 0 Å². The molecule has 3 atom stereocenters. The molecule has 0 spiro atoms. The van der Waals surface area contributed by atoms with Crippen LogP contribution in [0.2, 0.25) is 0 Å². The van der Waals surface area contributed by atoms with Gasteiger partial charge in [0.05, 0.1) is 6.61 Å². The second kappa shape index (κ2) is 7.99. The van der Waals surface area contributed by atoms with Gasteiger partial charge in [0, 0.05) is 12.1 Å². The van der Waals surface area contributed by atoms with E-state index >= 15 is 0 Å². The monoisotopic (exact) mass is 284 g/mol. The average Bonchev–Trinajstić information content (AvgIpc) is 2.37. The molecule has 4 nitrogen and oxygen atoms in total. The largest absolute Gasteiger partial charge is 0.465 e. The van der Waals surface area contributed by atoms with E-state index in [-0.39, 0.29) is 5.97 Å². The SMILES string of the molecule is CCOC(=O)C(C)(N)CCCCN1C(C)CCCC1C. The van der Waals surface area contributed by atoms with Crippen molar-refractivity contribution in [2.45, 2.75) is 83.8 Å². The van der Waals surface area contributed by atoms with Gasteiger partial charge in [-0.05, 0) is 66.3 Å². The maximum absolute atomic E-state index is 11.7. The number of carbonyl (C=O) groups excluding carboxylic acids is 1. The first-order valence-corrected chi connectivity index (χ1v) is 8.10. The van der Waals surface area contributed by atoms with E-state index < -0.39 is 5.54 Å². The summed E-state index contributed by atoms with van der Waals surface area (Å²) in [6.45, 7) is 9.74. The molecular formula is C16H32N2O2. The Morgan fingerprint density at radius 3 is 2.45 bits per heavy atom. The summed E-state index contributed by atoms with van der Waals surface area (Å²) in [7, 11) is 0. The summed E-state index contributed by atoms with van der Waals surface area (Å²) in [6.07, 6.45) is 6.73. The van der Waals surface area contributed by atoms with Crippen LogP contribution in [0.5, 0.6) is 0 Å². The Morgan fingerprint density at radius 1 is 1.30 bits per heavy atom. The standard InChI is InChI=1S/C16H32N2O2/c1-5-20-15(19)16(4,17)11-6-7-12-18-13(2)9-8-10-14(18)3/h13-14H,5-12,17H2,1-4H3. The number of ether oxygens (including phenoxy) is 1. The Balaban J connectivity index is 2.28. The van der Waals surface area contributed by atoms with Crippen LogP contribution in [-0.2, 0) is 9.53 Å². The van der Waals surface area contributed by atoms with Gasteiger partial charge < -0.3 is 10.5 Å². The van der Waals surface area contributed by atoms with E-state index in [1.807, 2.05) is 6.92 Å². The highest BCUT2D eigenvalue weighted by atomic mass is 16.5. The van der Waals surface area contributed by atoms with Crippen molar-refractivity contribution in [3.05, 3.63) is 0 Å². The summed E-state index contributed by atoms with van der Waals surface area (Å²) in [5.41, 5.74) is 5.19. The second-order valence-electron chi connectivity index (χ2n) is 6.46. The maximum atomic E-state index is 11.7. The van der Waals surface area contributed by atoms with Gasteiger partial charge in [0.25, 0.3) is 0 Å². The fourth-order valence-electron chi connectivity index (χ4n) is 3.10. The van der Waals surface area contributed by atoms with Gasteiger partial charge in [-0.2, -0.15) is 0 Å². The third-order valence-electron chi connectivity index (χ3n) is 4.48. The molecule has 1 fully saturated rings. The second-order valence-corrected chi connectivity index (χ2v) is 6.46. The molecule has 20 heavy (non-hydrogen) atoms. The van der Waals surface area contributed by atoms with Gasteiger partial charge in [-0.15, -0.1) is 0 Å². The molecule has 1 saturated heterocycles. The lowest BCUT2D eigenvalue weighted by Gasteiger charge is -2.39. The van der Waals surface area contributed by atoms with E-state index in [4.69, 9.17) is 10.5 Å². The Hall–Kier alpha value is -0.610. The lowest BCUT2D eigenvalue weighted by atomic mass is 9.94. The van der Waals surface area contributed by atoms with E-state index in [9.17, 15) is 4.79 Å². The van der Waals surface area contributed by atoms with Crippen molar-refractivity contribution in [1.29, 1.82) is 0 Å². The average molecular weight is 284 g/mol. The number of hydrogen-bond donors (Lipinski definition) is 1. The van der Waals surface area contributed by atoms with Gasteiger partial charge in [0.15, 0.2) is 0 Å². The summed E-state index contributed by atoms with van der Waals surface area (Å²) in [5, 5.41) is 0. The van der Waals surface area contributed by atoms with Crippen molar-refractivity contribution in [2.24, 2.45) is 5.73 Å². The number of nitrogens with zero attached hydrogens (tertiary/aromatic N) is 1. The van der Waals surface area contributed by atoms with Crippen molar-refractivity contribution in [2.75, 3.05) is 13.2 Å². The summed E-state index contributed by atoms with van der Waals surface area (Å²) in [5.74, 6) is -0.278. The fourth-order valence-corrected chi connectivity index (χ4v) is 3.10. The molecule has 118 valence electrons. The van der Waals surface area contributed by atoms with E-state index in [0.29, 0.717) is 25.1 Å². The summed E-state index contributed by atoms with van der Waals surface area (Å²) < 4.78 is 5.01. The van der Waals surface area contributed by atoms with Crippen molar-refractivity contribution in [3.8, 4) is 0 Å². The first kappa shape index (κ1) is 17.4. The molecule has 0 aliphatic carbocycles. The van der Waals surface area contributed by atoms with Gasteiger partial charge >= 0.3 is 5.97 Å². The number of nitrogens with two attached hydrogens (primary N) is 1. The molecule has 0 aromatic heterocycles. The maximum Gasteiger partial charge on any atom is 0.325 e. The molecule has 0 aromatic carbocycles. The highest BCUT2D eigenvalue weighted by Crippen LogP contribution is 2.23. The fraction of sp³-hybridized carbons (Fsp3) is 0.938. The minimum Gasteiger partial charge on any atom is -0.465 e. The topological polar surface area (TPSA) is 55.6 Å². The molecule has 2 N–H and O–H groups in total. The quantitative estimate of drug-likeness (QED) is 0.577. The Kier molecular flexibility index (Phi) is 6.96. The molecule has 1 rings (SSSR count). The summed E-state index contributed by atoms with van der Waals surface area (Å²) >= 11 is 0. The molecule has 4 heteroatoms. The van der Waals surface area contributed by atoms with Crippen LogP contribution in [0.3, 0.4) is 0 Å². The highest BCUT2D eigenvalue weighted by molar-refractivity contribution is 5.79. The molecule has 3 unspecified atom stereocenters. The molecule has 1 heterocycles. The first-order chi connectivity index (χ1) is 9.38. The van der Waals surface area contributed by atoms with E-state index in [1.54, 1.807) is 6.92 Å². The Bertz CT molecular complexity index is 295. The van der Waals surface area contributed by atoms with E-state index in [1.165, 1.54) is 19.3 Å². The van der Waals surface area contributed by atoms with Gasteiger partial charge in [-0.1, -0.05) is 6.42 Å². The molecule has 0 bridgehead atoms. The summed E-state index contributed by atoms with van der Waals surface area (Å²) in [6, 6.07) is 1.38. The van der Waals surface area contributed by atoms with Crippen LogP contribution in [0, 0.1) is 0 Å². The minimum absolute atomic E-state index is 0.278. The van der Waals surface area contributed by atoms with Crippen molar-refractivity contribution in [1.82, 2.24) is 4.90 Å². The molecule has 0 amide bonds. The number of esters is 1. The van der Waals surface area contributed by atoms with Crippen LogP contribution in [0.4, 0.5) is 0 Å². The highest BCUT2D eigenvalue weighted by Gasteiger charge is 2.29. The third kappa shape index (κ3) is 5.06. The van der Waals surface area contributed by atoms with Crippen LogP contribution in [0.25, 0.3) is 0 Å². The lowest BCUT2D eigenvalue weighted by Crippen LogP contribution is -2.46. The third-order valence-corrected chi connectivity index (χ3v) is 4.48.